The maximum Gasteiger partial charge on any atom is 0.306 e. The molecule has 29 heavy (non-hydrogen) atoms. The van der Waals surface area contributed by atoms with E-state index in [0.717, 1.165) is 0 Å². The molecule has 0 aromatic heterocycles. The normalized spacial score (nSPS) is 10.0. The molecule has 3 N–H and O–H groups in total. The summed E-state index contributed by atoms with van der Waals surface area (Å²) in [7, 11) is 0. The SMILES string of the molecule is O=C(CCC(=O)OCC(=O)Nc1cccc(Cl)c1Cl)NNC(=O)c1ccccc1. The van der Waals surface area contributed by atoms with E-state index >= 15 is 0 Å². The minimum atomic E-state index is -0.748. The lowest BCUT2D eigenvalue weighted by atomic mass is 10.2. The van der Waals surface area contributed by atoms with Crippen LogP contribution in [0.3, 0.4) is 0 Å². The highest BCUT2D eigenvalue weighted by molar-refractivity contribution is 6.44. The zero-order chi connectivity index (χ0) is 21.2. The molecule has 0 bridgehead atoms. The quantitative estimate of drug-likeness (QED) is 0.455. The fourth-order valence-corrected chi connectivity index (χ4v) is 2.42. The molecule has 0 saturated heterocycles. The minimum absolute atomic E-state index is 0.170. The highest BCUT2D eigenvalue weighted by Gasteiger charge is 2.13. The summed E-state index contributed by atoms with van der Waals surface area (Å²) in [5.41, 5.74) is 5.08. The predicted molar refractivity (Wildman–Crippen MR) is 107 cm³/mol. The van der Waals surface area contributed by atoms with Gasteiger partial charge in [0, 0.05) is 12.0 Å². The molecule has 2 aromatic rings. The maximum atomic E-state index is 11.8. The van der Waals surface area contributed by atoms with Crippen molar-refractivity contribution < 1.29 is 23.9 Å². The zero-order valence-corrected chi connectivity index (χ0v) is 16.5. The van der Waals surface area contributed by atoms with Crippen LogP contribution in [0, 0.1) is 0 Å². The van der Waals surface area contributed by atoms with Crippen LogP contribution in [0.4, 0.5) is 5.69 Å². The topological polar surface area (TPSA) is 114 Å². The molecule has 2 aromatic carbocycles. The van der Waals surface area contributed by atoms with Crippen molar-refractivity contribution in [1.82, 2.24) is 10.9 Å². The Morgan fingerprint density at radius 2 is 1.55 bits per heavy atom. The number of halogens is 2. The molecule has 0 aliphatic heterocycles. The molecule has 0 aliphatic rings. The summed E-state index contributed by atoms with van der Waals surface area (Å²) in [6.45, 7) is -0.548. The molecule has 8 nitrogen and oxygen atoms in total. The molecule has 10 heteroatoms. The van der Waals surface area contributed by atoms with E-state index < -0.39 is 30.3 Å². The van der Waals surface area contributed by atoms with Crippen LogP contribution in [0.15, 0.2) is 48.5 Å². The van der Waals surface area contributed by atoms with Crippen LogP contribution in [-0.4, -0.2) is 30.3 Å². The van der Waals surface area contributed by atoms with Crippen LogP contribution in [0.1, 0.15) is 23.2 Å². The third-order valence-corrected chi connectivity index (χ3v) is 4.32. The van der Waals surface area contributed by atoms with Gasteiger partial charge in [0.25, 0.3) is 11.8 Å². The highest BCUT2D eigenvalue weighted by Crippen LogP contribution is 2.29. The van der Waals surface area contributed by atoms with Crippen LogP contribution in [0.2, 0.25) is 10.0 Å². The van der Waals surface area contributed by atoms with E-state index in [2.05, 4.69) is 16.2 Å². The molecule has 0 heterocycles. The van der Waals surface area contributed by atoms with Crippen LogP contribution in [0.25, 0.3) is 0 Å². The number of ether oxygens (including phenoxy) is 1. The zero-order valence-electron chi connectivity index (χ0n) is 15.0. The second-order valence-corrected chi connectivity index (χ2v) is 6.46. The number of carbonyl (C=O) groups excluding carboxylic acids is 4. The first-order valence-electron chi connectivity index (χ1n) is 8.40. The first-order valence-corrected chi connectivity index (χ1v) is 9.16. The molecule has 0 atom stereocenters. The third-order valence-electron chi connectivity index (χ3n) is 3.50. The van der Waals surface area contributed by atoms with Crippen molar-refractivity contribution in [2.75, 3.05) is 11.9 Å². The van der Waals surface area contributed by atoms with Crippen molar-refractivity contribution in [3.63, 3.8) is 0 Å². The van der Waals surface area contributed by atoms with E-state index in [1.54, 1.807) is 48.5 Å². The summed E-state index contributed by atoms with van der Waals surface area (Å²) >= 11 is 11.8. The van der Waals surface area contributed by atoms with E-state index in [0.29, 0.717) is 5.56 Å². The number of anilines is 1. The Labute approximate surface area is 176 Å². The fourth-order valence-electron chi connectivity index (χ4n) is 2.07. The van der Waals surface area contributed by atoms with Gasteiger partial charge < -0.3 is 10.1 Å². The molecule has 3 amide bonds. The van der Waals surface area contributed by atoms with Gasteiger partial charge in [-0.1, -0.05) is 47.5 Å². The highest BCUT2D eigenvalue weighted by atomic mass is 35.5. The molecule has 2 rings (SSSR count). The summed E-state index contributed by atoms with van der Waals surface area (Å²) in [5, 5.41) is 2.90. The molecule has 152 valence electrons. The van der Waals surface area contributed by atoms with Crippen molar-refractivity contribution in [3.8, 4) is 0 Å². The predicted octanol–water partition coefficient (Wildman–Crippen LogP) is 2.72. The van der Waals surface area contributed by atoms with Crippen molar-refractivity contribution in [2.24, 2.45) is 0 Å². The third kappa shape index (κ3) is 7.44. The van der Waals surface area contributed by atoms with Crippen LogP contribution < -0.4 is 16.2 Å². The molecule has 0 fully saturated rings. The van der Waals surface area contributed by atoms with Gasteiger partial charge in [0.05, 0.1) is 22.2 Å². The molecule has 0 spiro atoms. The number of benzene rings is 2. The van der Waals surface area contributed by atoms with Gasteiger partial charge in [-0.2, -0.15) is 0 Å². The average Bonchev–Trinajstić information content (AvgIpc) is 2.73. The number of esters is 1. The van der Waals surface area contributed by atoms with Gasteiger partial charge in [0.1, 0.15) is 0 Å². The number of hydrazine groups is 1. The van der Waals surface area contributed by atoms with Gasteiger partial charge in [-0.3, -0.25) is 30.0 Å². The molecular weight excluding hydrogens is 421 g/mol. The Hall–Kier alpha value is -3.10. The van der Waals surface area contributed by atoms with Gasteiger partial charge in [0.15, 0.2) is 6.61 Å². The van der Waals surface area contributed by atoms with Gasteiger partial charge in [-0.05, 0) is 24.3 Å². The van der Waals surface area contributed by atoms with Crippen LogP contribution in [-0.2, 0) is 19.1 Å². The monoisotopic (exact) mass is 437 g/mol. The van der Waals surface area contributed by atoms with Crippen molar-refractivity contribution >= 4 is 52.6 Å². The average molecular weight is 438 g/mol. The van der Waals surface area contributed by atoms with Crippen molar-refractivity contribution in [3.05, 3.63) is 64.1 Å². The van der Waals surface area contributed by atoms with Crippen LogP contribution >= 0.6 is 23.2 Å². The summed E-state index contributed by atoms with van der Waals surface area (Å²) < 4.78 is 4.80. The Bertz CT molecular complexity index is 906. The molecule has 0 radical (unpaired) electrons. The Morgan fingerprint density at radius 1 is 0.828 bits per heavy atom. The van der Waals surface area contributed by atoms with Crippen molar-refractivity contribution in [1.29, 1.82) is 0 Å². The lowest BCUT2D eigenvalue weighted by Crippen LogP contribution is -2.41. The molecular formula is C19H17Cl2N3O5. The van der Waals surface area contributed by atoms with Gasteiger partial charge in [-0.25, -0.2) is 0 Å². The molecule has 0 saturated carbocycles. The van der Waals surface area contributed by atoms with Crippen molar-refractivity contribution in [2.45, 2.75) is 12.8 Å². The Kier molecular flexibility index (Phi) is 8.45. The summed E-state index contributed by atoms with van der Waals surface area (Å²) in [6.07, 6.45) is -0.492. The van der Waals surface area contributed by atoms with E-state index in [-0.39, 0.29) is 28.6 Å². The fraction of sp³-hybridized carbons (Fsp3) is 0.158. The second-order valence-electron chi connectivity index (χ2n) is 5.68. The Balaban J connectivity index is 1.66. The first kappa shape index (κ1) is 22.2. The number of carbonyl (C=O) groups is 4. The lowest BCUT2D eigenvalue weighted by molar-refractivity contribution is -0.148. The number of amides is 3. The lowest BCUT2D eigenvalue weighted by Gasteiger charge is -2.09. The number of rotatable bonds is 7. The summed E-state index contributed by atoms with van der Waals surface area (Å²) in [4.78, 5) is 47.0. The number of nitrogens with one attached hydrogen (secondary N) is 3. The molecule has 0 unspecified atom stereocenters. The smallest absolute Gasteiger partial charge is 0.306 e. The Morgan fingerprint density at radius 3 is 2.28 bits per heavy atom. The van der Waals surface area contributed by atoms with Crippen LogP contribution in [0.5, 0.6) is 0 Å². The first-order chi connectivity index (χ1) is 13.9. The van der Waals surface area contributed by atoms with E-state index in [4.69, 9.17) is 27.9 Å². The number of hydrogen-bond acceptors (Lipinski definition) is 5. The second kappa shape index (κ2) is 11.0. The maximum absolute atomic E-state index is 11.8. The molecule has 0 aliphatic carbocycles. The van der Waals surface area contributed by atoms with Gasteiger partial charge in [0.2, 0.25) is 5.91 Å². The van der Waals surface area contributed by atoms with E-state index in [1.165, 1.54) is 0 Å². The largest absolute Gasteiger partial charge is 0.456 e. The van der Waals surface area contributed by atoms with Gasteiger partial charge in [-0.15, -0.1) is 0 Å². The van der Waals surface area contributed by atoms with E-state index in [9.17, 15) is 19.2 Å². The standard InChI is InChI=1S/C19H17Cl2N3O5/c20-13-7-4-8-14(18(13)21)22-16(26)11-29-17(27)10-9-15(25)23-24-19(28)12-5-2-1-3-6-12/h1-8H,9-11H2,(H,22,26)(H,23,25)(H,24,28). The minimum Gasteiger partial charge on any atom is -0.456 e. The summed E-state index contributed by atoms with van der Waals surface area (Å²) in [6, 6.07) is 13.0. The van der Waals surface area contributed by atoms with E-state index in [1.807, 2.05) is 0 Å². The van der Waals surface area contributed by atoms with Gasteiger partial charge >= 0.3 is 5.97 Å². The summed E-state index contributed by atoms with van der Waals surface area (Å²) in [5.74, 6) is -2.43. The number of hydrogen-bond donors (Lipinski definition) is 3.